The molecule has 0 fully saturated rings. The van der Waals surface area contributed by atoms with Gasteiger partial charge in [-0.3, -0.25) is 24.1 Å². The summed E-state index contributed by atoms with van der Waals surface area (Å²) in [5.74, 6) is -0.914. The van der Waals surface area contributed by atoms with Gasteiger partial charge in [0.2, 0.25) is 0 Å². The predicted octanol–water partition coefficient (Wildman–Crippen LogP) is 3.98. The Balaban J connectivity index is 2.03. The number of ketones is 1. The van der Waals surface area contributed by atoms with E-state index in [2.05, 4.69) is 0 Å². The summed E-state index contributed by atoms with van der Waals surface area (Å²) in [6.07, 6.45) is 1.95. The van der Waals surface area contributed by atoms with E-state index in [-0.39, 0.29) is 40.0 Å². The Morgan fingerprint density at radius 3 is 2.24 bits per heavy atom. The molecule has 0 spiro atoms. The van der Waals surface area contributed by atoms with Gasteiger partial charge < -0.3 is 15.1 Å². The highest BCUT2D eigenvalue weighted by Gasteiger charge is 2.31. The first kappa shape index (κ1) is 30.8. The lowest BCUT2D eigenvalue weighted by atomic mass is 9.90. The summed E-state index contributed by atoms with van der Waals surface area (Å²) >= 11 is 0. The lowest BCUT2D eigenvalue weighted by Gasteiger charge is -2.22. The third kappa shape index (κ3) is 5.92. The average molecular weight is 616 g/mol. The van der Waals surface area contributed by atoms with E-state index < -0.39 is 58.3 Å². The zero-order valence-electron chi connectivity index (χ0n) is 22.7. The Labute approximate surface area is 242 Å². The molecule has 1 heterocycles. The van der Waals surface area contributed by atoms with Crippen molar-refractivity contribution in [3.63, 3.8) is 0 Å². The molecular weight excluding hydrogens is 586 g/mol. The molecule has 12 nitrogen and oxygen atoms in total. The first-order chi connectivity index (χ1) is 19.7. The van der Waals surface area contributed by atoms with Gasteiger partial charge in [0.25, 0.3) is 26.1 Å². The maximum atomic E-state index is 13.7. The summed E-state index contributed by atoms with van der Waals surface area (Å²) in [6, 6.07) is 11.4. The second-order valence-corrected chi connectivity index (χ2v) is 12.5. The molecule has 0 atom stereocenters. The molecule has 0 saturated carbocycles. The van der Waals surface area contributed by atoms with Crippen molar-refractivity contribution in [2.45, 2.75) is 42.4 Å². The summed E-state index contributed by atoms with van der Waals surface area (Å²) in [5, 5.41) is 7.53. The fourth-order valence-electron chi connectivity index (χ4n) is 4.91. The number of fused-ring (bicyclic) bond motifs is 2. The smallest absolute Gasteiger partial charge is 0.300 e. The maximum absolute atomic E-state index is 13.7. The van der Waals surface area contributed by atoms with E-state index in [0.29, 0.717) is 19.3 Å². The summed E-state index contributed by atoms with van der Waals surface area (Å²) in [7, 11) is -8.53. The van der Waals surface area contributed by atoms with Crippen LogP contribution in [0.1, 0.15) is 43.0 Å². The van der Waals surface area contributed by atoms with Crippen molar-refractivity contribution in [1.82, 2.24) is 4.90 Å². The van der Waals surface area contributed by atoms with Gasteiger partial charge in [0.1, 0.15) is 5.78 Å². The molecule has 0 aromatic heterocycles. The fraction of sp³-hybridized carbons (Fsp3) is 0.250. The van der Waals surface area contributed by atoms with Gasteiger partial charge in [-0.15, -0.1) is 0 Å². The number of nitrogens with one attached hydrogen (secondary N) is 1. The third-order valence-corrected chi connectivity index (χ3v) is 8.62. The van der Waals surface area contributed by atoms with Crippen molar-refractivity contribution in [1.29, 1.82) is 5.41 Å². The lowest BCUT2D eigenvalue weighted by Crippen LogP contribution is -2.28. The fourth-order valence-corrected chi connectivity index (χ4v) is 6.39. The minimum atomic E-state index is -5.07. The highest BCUT2D eigenvalue weighted by molar-refractivity contribution is 7.86. The Morgan fingerprint density at radius 2 is 1.60 bits per heavy atom. The number of anilines is 1. The SMILES string of the molecule is CCCC(=O)CCCN(C)C(=O)c1ccccc1-c1c2ccc(=N)c(S(=O)(=O)O)c-2oc2c(S(=O)(=O)O)c(N)ccc12. The Kier molecular flexibility index (Phi) is 8.55. The predicted molar refractivity (Wildman–Crippen MR) is 154 cm³/mol. The van der Waals surface area contributed by atoms with Crippen LogP contribution < -0.4 is 11.1 Å². The number of hydrogen-bond acceptors (Lipinski definition) is 9. The molecule has 0 unspecified atom stereocenters. The number of benzene rings is 3. The van der Waals surface area contributed by atoms with Gasteiger partial charge in [0.15, 0.2) is 21.1 Å². The highest BCUT2D eigenvalue weighted by atomic mass is 32.2. The Morgan fingerprint density at radius 1 is 0.929 bits per heavy atom. The number of nitrogen functional groups attached to an aromatic ring is 1. The molecule has 0 bridgehead atoms. The number of amides is 1. The molecule has 1 amide bonds. The third-order valence-electron chi connectivity index (χ3n) is 6.76. The lowest BCUT2D eigenvalue weighted by molar-refractivity contribution is -0.119. The molecule has 5 N–H and O–H groups in total. The van der Waals surface area contributed by atoms with E-state index >= 15 is 0 Å². The van der Waals surface area contributed by atoms with Crippen LogP contribution in [0.4, 0.5) is 5.69 Å². The van der Waals surface area contributed by atoms with E-state index in [1.54, 1.807) is 25.2 Å². The molecule has 1 aliphatic carbocycles. The highest BCUT2D eigenvalue weighted by Crippen LogP contribution is 2.45. The van der Waals surface area contributed by atoms with E-state index in [1.165, 1.54) is 29.2 Å². The van der Waals surface area contributed by atoms with E-state index in [1.807, 2.05) is 6.92 Å². The average Bonchev–Trinajstić information content (AvgIpc) is 2.89. The largest absolute Gasteiger partial charge is 0.453 e. The van der Waals surface area contributed by atoms with Gasteiger partial charge in [-0.05, 0) is 48.7 Å². The summed E-state index contributed by atoms with van der Waals surface area (Å²) in [5.41, 5.74) is 5.49. The zero-order chi connectivity index (χ0) is 31.0. The number of rotatable bonds is 10. The first-order valence-corrected chi connectivity index (χ1v) is 15.7. The second kappa shape index (κ2) is 11.6. The van der Waals surface area contributed by atoms with Crippen molar-refractivity contribution < 1.29 is 39.9 Å². The molecule has 2 aliphatic rings. The standard InChI is InChI=1S/C28H29N3O9S2/c1-3-7-16(32)8-6-15-31(2)28(33)18-10-5-4-9-17(18)23-19-11-13-21(29)26(41(34,35)36)24(19)40-25-20(23)12-14-22(30)27(25)42(37,38)39/h4-5,9-14,29H,3,6-8,15,30H2,1-2H3,(H,34,35,36)(H,37,38,39). The topological polar surface area (TPSA) is 209 Å². The molecular formula is C28H29N3O9S2. The number of nitrogens with two attached hydrogens (primary N) is 1. The van der Waals surface area contributed by atoms with Gasteiger partial charge >= 0.3 is 0 Å². The Bertz CT molecular complexity index is 1970. The van der Waals surface area contributed by atoms with Crippen molar-refractivity contribution in [3.8, 4) is 22.5 Å². The van der Waals surface area contributed by atoms with Gasteiger partial charge in [0, 0.05) is 48.5 Å². The van der Waals surface area contributed by atoms with Gasteiger partial charge in [0.05, 0.1) is 11.0 Å². The maximum Gasteiger partial charge on any atom is 0.300 e. The molecule has 222 valence electrons. The summed E-state index contributed by atoms with van der Waals surface area (Å²) in [6.45, 7) is 2.18. The van der Waals surface area contributed by atoms with Crippen molar-refractivity contribution in [2.24, 2.45) is 0 Å². The van der Waals surface area contributed by atoms with E-state index in [4.69, 9.17) is 15.6 Å². The monoisotopic (exact) mass is 615 g/mol. The van der Waals surface area contributed by atoms with Crippen LogP contribution in [0.25, 0.3) is 33.4 Å². The van der Waals surface area contributed by atoms with Crippen LogP contribution in [0.5, 0.6) is 0 Å². The Hall–Kier alpha value is -4.11. The molecule has 1 aliphatic heterocycles. The number of nitrogens with zero attached hydrogens (tertiary/aromatic N) is 1. The number of hydrogen-bond donors (Lipinski definition) is 4. The van der Waals surface area contributed by atoms with Crippen LogP contribution in [0.15, 0.2) is 62.7 Å². The van der Waals surface area contributed by atoms with E-state index in [0.717, 1.165) is 12.5 Å². The van der Waals surface area contributed by atoms with Crippen molar-refractivity contribution in [3.05, 3.63) is 59.5 Å². The summed E-state index contributed by atoms with van der Waals surface area (Å²) in [4.78, 5) is 25.3. The molecule has 2 aromatic carbocycles. The molecule has 0 radical (unpaired) electrons. The molecule has 2 aromatic rings. The van der Waals surface area contributed by atoms with E-state index in [9.17, 15) is 35.5 Å². The van der Waals surface area contributed by atoms with Gasteiger partial charge in [-0.25, -0.2) is 0 Å². The van der Waals surface area contributed by atoms with Crippen LogP contribution in [-0.2, 0) is 25.0 Å². The second-order valence-electron chi connectivity index (χ2n) is 9.77. The molecule has 42 heavy (non-hydrogen) atoms. The molecule has 4 rings (SSSR count). The van der Waals surface area contributed by atoms with Crippen LogP contribution in [0, 0.1) is 5.41 Å². The van der Waals surface area contributed by atoms with Crippen molar-refractivity contribution >= 4 is 48.6 Å². The number of carbonyl (C=O) groups excluding carboxylic acids is 2. The van der Waals surface area contributed by atoms with Gasteiger partial charge in [-0.2, -0.15) is 16.8 Å². The van der Waals surface area contributed by atoms with Crippen molar-refractivity contribution in [2.75, 3.05) is 19.3 Å². The normalized spacial score (nSPS) is 12.1. The molecule has 14 heteroatoms. The number of carbonyl (C=O) groups is 2. The first-order valence-electron chi connectivity index (χ1n) is 12.8. The quantitative estimate of drug-likeness (QED) is 0.114. The summed E-state index contributed by atoms with van der Waals surface area (Å²) < 4.78 is 75.2. The number of Topliss-reactive ketones (excluding diaryl/α,β-unsaturated/α-hetero) is 1. The van der Waals surface area contributed by atoms with Crippen LogP contribution in [0.3, 0.4) is 0 Å². The van der Waals surface area contributed by atoms with Gasteiger partial charge in [-0.1, -0.05) is 25.1 Å². The van der Waals surface area contributed by atoms with Crippen LogP contribution in [-0.4, -0.2) is 56.1 Å². The van der Waals surface area contributed by atoms with Crippen LogP contribution >= 0.6 is 0 Å². The minimum Gasteiger partial charge on any atom is -0.453 e. The molecule has 0 saturated heterocycles. The van der Waals surface area contributed by atoms with Crippen LogP contribution in [0.2, 0.25) is 0 Å². The minimum absolute atomic E-state index is 0.0326. The zero-order valence-corrected chi connectivity index (χ0v) is 24.4.